The number of carbonyl (C=O) groups is 1. The standard InChI is InChI=1S/C8H8Cl3NO3/c1-3-6-4(2-5(13)14-3)12-7(15-6)8(9,10)11/h3-4,6H,2H2,1H3/t3-,4-,6+/m1/s1. The molecule has 0 saturated carbocycles. The highest BCUT2D eigenvalue weighted by Crippen LogP contribution is 2.36. The fourth-order valence-corrected chi connectivity index (χ4v) is 1.95. The van der Waals surface area contributed by atoms with Crippen molar-refractivity contribution in [3.8, 4) is 0 Å². The molecule has 0 N–H and O–H groups in total. The number of ether oxygens (including phenoxy) is 2. The summed E-state index contributed by atoms with van der Waals surface area (Å²) in [6, 6.07) is -0.299. The fourth-order valence-electron chi connectivity index (χ4n) is 1.67. The Hall–Kier alpha value is -0.190. The zero-order chi connectivity index (χ0) is 11.2. The Bertz CT molecular complexity index is 326. The molecule has 0 amide bonds. The predicted molar refractivity (Wildman–Crippen MR) is 56.6 cm³/mol. The normalized spacial score (nSPS) is 35.3. The summed E-state index contributed by atoms with van der Waals surface area (Å²) < 4.78 is 8.68. The number of rotatable bonds is 0. The largest absolute Gasteiger partial charge is 0.468 e. The van der Waals surface area contributed by atoms with E-state index in [0.29, 0.717) is 0 Å². The molecular weight excluding hydrogens is 264 g/mol. The summed E-state index contributed by atoms with van der Waals surface area (Å²) in [7, 11) is 0. The van der Waals surface area contributed by atoms with Gasteiger partial charge in [-0.3, -0.25) is 4.79 Å². The first-order valence-corrected chi connectivity index (χ1v) is 5.52. The van der Waals surface area contributed by atoms with Gasteiger partial charge in [-0.1, -0.05) is 34.8 Å². The lowest BCUT2D eigenvalue weighted by Crippen LogP contribution is -2.43. The van der Waals surface area contributed by atoms with Crippen LogP contribution in [0.1, 0.15) is 13.3 Å². The lowest BCUT2D eigenvalue weighted by Gasteiger charge is -2.28. The maximum Gasteiger partial charge on any atom is 0.308 e. The van der Waals surface area contributed by atoms with E-state index in [0.717, 1.165) is 0 Å². The molecule has 1 saturated heterocycles. The van der Waals surface area contributed by atoms with Gasteiger partial charge >= 0.3 is 5.97 Å². The molecule has 84 valence electrons. The minimum absolute atomic E-state index is 0.0349. The third-order valence-electron chi connectivity index (χ3n) is 2.31. The molecule has 2 rings (SSSR count). The summed E-state index contributed by atoms with van der Waals surface area (Å²) in [6.45, 7) is 1.73. The van der Waals surface area contributed by atoms with Crippen molar-refractivity contribution in [2.75, 3.05) is 0 Å². The Morgan fingerprint density at radius 3 is 2.67 bits per heavy atom. The van der Waals surface area contributed by atoms with Crippen LogP contribution in [0.5, 0.6) is 0 Å². The van der Waals surface area contributed by atoms with E-state index in [2.05, 4.69) is 4.99 Å². The first-order chi connectivity index (χ1) is 6.88. The summed E-state index contributed by atoms with van der Waals surface area (Å²) in [6.07, 6.45) is -0.544. The van der Waals surface area contributed by atoms with Crippen molar-refractivity contribution < 1.29 is 14.3 Å². The van der Waals surface area contributed by atoms with Gasteiger partial charge in [0.05, 0.1) is 6.42 Å². The van der Waals surface area contributed by atoms with E-state index in [9.17, 15) is 4.79 Å². The number of fused-ring (bicyclic) bond motifs is 1. The Morgan fingerprint density at radius 2 is 2.07 bits per heavy atom. The molecule has 4 nitrogen and oxygen atoms in total. The highest BCUT2D eigenvalue weighted by atomic mass is 35.6. The lowest BCUT2D eigenvalue weighted by atomic mass is 10.0. The summed E-state index contributed by atoms with van der Waals surface area (Å²) in [4.78, 5) is 15.2. The molecular formula is C8H8Cl3NO3. The highest BCUT2D eigenvalue weighted by Gasteiger charge is 2.47. The molecule has 1 fully saturated rings. The summed E-state index contributed by atoms with van der Waals surface area (Å²) in [5.74, 6) is -0.269. The molecule has 0 aromatic rings. The zero-order valence-corrected chi connectivity index (χ0v) is 10.0. The van der Waals surface area contributed by atoms with Crippen molar-refractivity contribution in [1.82, 2.24) is 0 Å². The molecule has 2 aliphatic heterocycles. The van der Waals surface area contributed by atoms with E-state index in [4.69, 9.17) is 44.3 Å². The van der Waals surface area contributed by atoms with Gasteiger partial charge in [0.2, 0.25) is 5.90 Å². The Labute approximate surface area is 101 Å². The first-order valence-electron chi connectivity index (χ1n) is 4.39. The molecule has 3 atom stereocenters. The molecule has 0 bridgehead atoms. The van der Waals surface area contributed by atoms with E-state index in [1.165, 1.54) is 0 Å². The van der Waals surface area contributed by atoms with Gasteiger partial charge in [0.25, 0.3) is 3.79 Å². The van der Waals surface area contributed by atoms with Crippen LogP contribution in [0.25, 0.3) is 0 Å². The van der Waals surface area contributed by atoms with E-state index >= 15 is 0 Å². The molecule has 0 aromatic carbocycles. The number of esters is 1. The number of nitrogens with zero attached hydrogens (tertiary/aromatic N) is 1. The van der Waals surface area contributed by atoms with Gasteiger partial charge in [-0.15, -0.1) is 0 Å². The Kier molecular flexibility index (Phi) is 2.77. The van der Waals surface area contributed by atoms with E-state index in [-0.39, 0.29) is 36.5 Å². The predicted octanol–water partition coefficient (Wildman–Crippen LogP) is 1.86. The van der Waals surface area contributed by atoms with Gasteiger partial charge in [-0.25, -0.2) is 4.99 Å². The van der Waals surface area contributed by atoms with Crippen molar-refractivity contribution >= 4 is 46.7 Å². The molecule has 0 unspecified atom stereocenters. The summed E-state index contributed by atoms with van der Waals surface area (Å²) in [5.41, 5.74) is 0. The molecule has 0 aromatic heterocycles. The van der Waals surface area contributed by atoms with Crippen LogP contribution in [-0.2, 0) is 14.3 Å². The second kappa shape index (κ2) is 3.68. The van der Waals surface area contributed by atoms with Gasteiger partial charge in [-0.2, -0.15) is 0 Å². The van der Waals surface area contributed by atoms with Crippen molar-refractivity contribution in [3.63, 3.8) is 0 Å². The van der Waals surface area contributed by atoms with Gasteiger partial charge in [0.1, 0.15) is 12.1 Å². The van der Waals surface area contributed by atoms with Gasteiger partial charge in [0.15, 0.2) is 6.10 Å². The fraction of sp³-hybridized carbons (Fsp3) is 0.750. The van der Waals surface area contributed by atoms with E-state index in [1.54, 1.807) is 6.92 Å². The third kappa shape index (κ3) is 2.17. The second-order valence-electron chi connectivity index (χ2n) is 3.48. The average molecular weight is 273 g/mol. The molecule has 2 heterocycles. The first kappa shape index (κ1) is 11.3. The van der Waals surface area contributed by atoms with Crippen LogP contribution in [0, 0.1) is 0 Å². The topological polar surface area (TPSA) is 47.9 Å². The van der Waals surface area contributed by atoms with Gasteiger partial charge in [0, 0.05) is 0 Å². The monoisotopic (exact) mass is 271 g/mol. The van der Waals surface area contributed by atoms with Crippen LogP contribution in [-0.4, -0.2) is 33.9 Å². The van der Waals surface area contributed by atoms with Crippen LogP contribution in [0.3, 0.4) is 0 Å². The molecule has 7 heteroatoms. The van der Waals surface area contributed by atoms with Crippen LogP contribution in [0.2, 0.25) is 0 Å². The number of halogens is 3. The highest BCUT2D eigenvalue weighted by molar-refractivity contribution is 6.76. The van der Waals surface area contributed by atoms with Crippen molar-refractivity contribution in [3.05, 3.63) is 0 Å². The number of hydrogen-bond donors (Lipinski definition) is 0. The maximum atomic E-state index is 11.1. The number of cyclic esters (lactones) is 1. The summed E-state index contributed by atoms with van der Waals surface area (Å²) >= 11 is 16.9. The second-order valence-corrected chi connectivity index (χ2v) is 5.76. The van der Waals surface area contributed by atoms with Crippen LogP contribution in [0.15, 0.2) is 4.99 Å². The van der Waals surface area contributed by atoms with Crippen molar-refractivity contribution in [1.29, 1.82) is 0 Å². The van der Waals surface area contributed by atoms with E-state index < -0.39 is 3.79 Å². The van der Waals surface area contributed by atoms with Crippen molar-refractivity contribution in [2.24, 2.45) is 4.99 Å². The van der Waals surface area contributed by atoms with E-state index in [1.807, 2.05) is 0 Å². The SMILES string of the molecule is C[C@H]1OC(=O)C[C@H]2N=C(C(Cl)(Cl)Cl)O[C@H]21. The molecule has 0 radical (unpaired) electrons. The van der Waals surface area contributed by atoms with Crippen LogP contribution < -0.4 is 0 Å². The maximum absolute atomic E-state index is 11.1. The zero-order valence-electron chi connectivity index (χ0n) is 7.75. The number of alkyl halides is 3. The number of aliphatic imine (C=N–C) groups is 1. The lowest BCUT2D eigenvalue weighted by molar-refractivity contribution is -0.160. The average Bonchev–Trinajstić information content (AvgIpc) is 2.46. The van der Waals surface area contributed by atoms with Gasteiger partial charge < -0.3 is 9.47 Å². The third-order valence-corrected chi connectivity index (χ3v) is 2.79. The van der Waals surface area contributed by atoms with Crippen LogP contribution >= 0.6 is 34.8 Å². The molecule has 0 spiro atoms. The Morgan fingerprint density at radius 1 is 1.40 bits per heavy atom. The smallest absolute Gasteiger partial charge is 0.308 e. The van der Waals surface area contributed by atoms with Gasteiger partial charge in [-0.05, 0) is 6.92 Å². The molecule has 2 aliphatic rings. The minimum Gasteiger partial charge on any atom is -0.468 e. The summed E-state index contributed by atoms with van der Waals surface area (Å²) in [5, 5.41) is 0. The number of hydrogen-bond acceptors (Lipinski definition) is 4. The molecule has 15 heavy (non-hydrogen) atoms. The molecule has 0 aliphatic carbocycles. The van der Waals surface area contributed by atoms with Crippen molar-refractivity contribution in [2.45, 2.75) is 35.4 Å². The minimum atomic E-state index is -1.68. The number of carbonyl (C=O) groups excluding carboxylic acids is 1. The quantitative estimate of drug-likeness (QED) is 0.499. The Balaban J connectivity index is 2.18. The van der Waals surface area contributed by atoms with Crippen LogP contribution in [0.4, 0.5) is 0 Å².